The Morgan fingerprint density at radius 2 is 2.17 bits per heavy atom. The summed E-state index contributed by atoms with van der Waals surface area (Å²) in [5.74, 6) is -1.04. The number of nitrogens with one attached hydrogen (secondary N) is 2. The summed E-state index contributed by atoms with van der Waals surface area (Å²) in [5.41, 5.74) is 1.18. The number of nitrogens with zero attached hydrogens (tertiary/aromatic N) is 1. The van der Waals surface area contributed by atoms with Crippen LogP contribution in [0.15, 0.2) is 16.8 Å². The summed E-state index contributed by atoms with van der Waals surface area (Å²) < 4.78 is 9.54. The molecule has 0 spiro atoms. The van der Waals surface area contributed by atoms with Gasteiger partial charge in [0, 0.05) is 10.9 Å². The molecule has 1 aliphatic rings. The van der Waals surface area contributed by atoms with Crippen molar-refractivity contribution >= 4 is 34.2 Å². The summed E-state index contributed by atoms with van der Waals surface area (Å²) in [6, 6.07) is 1.43. The highest BCUT2D eigenvalue weighted by Gasteiger charge is 2.29. The maximum Gasteiger partial charge on any atom is 0.414 e. The van der Waals surface area contributed by atoms with Crippen LogP contribution in [0.2, 0.25) is 0 Å². The molecule has 2 heterocycles. The van der Waals surface area contributed by atoms with Crippen molar-refractivity contribution in [3.05, 3.63) is 34.0 Å². The van der Waals surface area contributed by atoms with Crippen molar-refractivity contribution in [2.45, 2.75) is 26.2 Å². The molecule has 0 saturated heterocycles. The van der Waals surface area contributed by atoms with Crippen molar-refractivity contribution in [2.75, 3.05) is 11.9 Å². The summed E-state index contributed by atoms with van der Waals surface area (Å²) in [4.78, 5) is 37.1. The summed E-state index contributed by atoms with van der Waals surface area (Å²) in [6.45, 7) is 1.81. The number of thiophene rings is 1. The van der Waals surface area contributed by atoms with E-state index in [1.807, 2.05) is 0 Å². The van der Waals surface area contributed by atoms with Crippen molar-refractivity contribution in [2.24, 2.45) is 0 Å². The van der Waals surface area contributed by atoms with E-state index in [4.69, 9.17) is 9.26 Å². The first-order valence-electron chi connectivity index (χ1n) is 7.44. The van der Waals surface area contributed by atoms with Crippen molar-refractivity contribution in [3.63, 3.8) is 0 Å². The molecule has 3 rings (SSSR count). The highest BCUT2D eigenvalue weighted by Crippen LogP contribution is 2.39. The van der Waals surface area contributed by atoms with Gasteiger partial charge in [0.05, 0.1) is 18.4 Å². The van der Waals surface area contributed by atoms with Crippen LogP contribution in [0.25, 0.3) is 0 Å². The van der Waals surface area contributed by atoms with E-state index in [1.54, 1.807) is 6.92 Å². The van der Waals surface area contributed by atoms with Crippen LogP contribution in [0, 0.1) is 0 Å². The van der Waals surface area contributed by atoms with E-state index in [1.165, 1.54) is 23.6 Å². The van der Waals surface area contributed by atoms with E-state index in [9.17, 15) is 14.4 Å². The molecule has 0 bridgehead atoms. The topological polar surface area (TPSA) is 111 Å². The van der Waals surface area contributed by atoms with Crippen LogP contribution >= 0.6 is 11.3 Å². The molecule has 2 aromatic rings. The second-order valence-corrected chi connectivity index (χ2v) is 6.17. The molecule has 0 atom stereocenters. The highest BCUT2D eigenvalue weighted by atomic mass is 32.1. The lowest BCUT2D eigenvalue weighted by atomic mass is 10.1. The molecule has 9 heteroatoms. The Labute approximate surface area is 141 Å². The molecular weight excluding hydrogens is 334 g/mol. The van der Waals surface area contributed by atoms with Gasteiger partial charge in [0.1, 0.15) is 5.00 Å². The zero-order chi connectivity index (χ0) is 17.1. The largest absolute Gasteiger partial charge is 0.450 e. The van der Waals surface area contributed by atoms with Gasteiger partial charge in [-0.3, -0.25) is 14.9 Å². The number of alkyl carbamates (subject to hydrolysis) is 1. The van der Waals surface area contributed by atoms with Crippen molar-refractivity contribution in [1.29, 1.82) is 0 Å². The van der Waals surface area contributed by atoms with Gasteiger partial charge < -0.3 is 14.6 Å². The Hall–Kier alpha value is -2.68. The molecule has 8 nitrogen and oxygen atoms in total. The summed E-state index contributed by atoms with van der Waals surface area (Å²) in [5, 5.41) is 8.71. The van der Waals surface area contributed by atoms with Crippen molar-refractivity contribution in [3.8, 4) is 0 Å². The molecule has 24 heavy (non-hydrogen) atoms. The third kappa shape index (κ3) is 3.16. The Morgan fingerprint density at radius 3 is 2.88 bits per heavy atom. The van der Waals surface area contributed by atoms with Crippen LogP contribution in [-0.4, -0.2) is 29.7 Å². The van der Waals surface area contributed by atoms with Gasteiger partial charge in [-0.15, -0.1) is 11.3 Å². The zero-order valence-electron chi connectivity index (χ0n) is 12.9. The quantitative estimate of drug-likeness (QED) is 0.877. The van der Waals surface area contributed by atoms with Gasteiger partial charge in [0.25, 0.3) is 11.8 Å². The predicted octanol–water partition coefficient (Wildman–Crippen LogP) is 2.36. The first-order valence-corrected chi connectivity index (χ1v) is 8.26. The number of aromatic nitrogens is 1. The number of imide groups is 1. The first kappa shape index (κ1) is 16.2. The van der Waals surface area contributed by atoms with Gasteiger partial charge in [0.15, 0.2) is 0 Å². The lowest BCUT2D eigenvalue weighted by molar-refractivity contribution is 0.0925. The monoisotopic (exact) mass is 349 g/mol. The number of amides is 3. The average molecular weight is 349 g/mol. The van der Waals surface area contributed by atoms with Gasteiger partial charge in [-0.05, 0) is 31.7 Å². The maximum atomic E-state index is 12.4. The van der Waals surface area contributed by atoms with E-state index >= 15 is 0 Å². The standard InChI is InChI=1S/C15H15N3O5S/c1-2-22-15(21)18-13(20)11-8-4-3-5-10(8)24-14(11)17-12(19)9-6-7-16-23-9/h6-7H,2-5H2,1H3,(H,17,19)(H,18,20,21). The maximum absolute atomic E-state index is 12.4. The van der Waals surface area contributed by atoms with Crippen LogP contribution in [0.4, 0.5) is 9.80 Å². The minimum atomic E-state index is -0.812. The van der Waals surface area contributed by atoms with E-state index in [-0.39, 0.29) is 12.4 Å². The Bertz CT molecular complexity index is 781. The fourth-order valence-electron chi connectivity index (χ4n) is 2.55. The molecule has 0 aliphatic heterocycles. The van der Waals surface area contributed by atoms with E-state index < -0.39 is 17.9 Å². The molecule has 2 N–H and O–H groups in total. The van der Waals surface area contributed by atoms with Gasteiger partial charge in [0.2, 0.25) is 5.76 Å². The molecule has 1 aliphatic carbocycles. The number of hydrogen-bond acceptors (Lipinski definition) is 7. The molecule has 126 valence electrons. The van der Waals surface area contributed by atoms with Crippen molar-refractivity contribution in [1.82, 2.24) is 10.5 Å². The van der Waals surface area contributed by atoms with E-state index in [0.29, 0.717) is 10.6 Å². The highest BCUT2D eigenvalue weighted by molar-refractivity contribution is 7.17. The molecule has 0 aromatic carbocycles. The predicted molar refractivity (Wildman–Crippen MR) is 85.3 cm³/mol. The van der Waals surface area contributed by atoms with Gasteiger partial charge >= 0.3 is 6.09 Å². The molecule has 0 unspecified atom stereocenters. The third-order valence-electron chi connectivity index (χ3n) is 3.53. The Kier molecular flexibility index (Phi) is 4.61. The lowest BCUT2D eigenvalue weighted by Gasteiger charge is -2.08. The number of ether oxygens (including phenoxy) is 1. The fourth-order valence-corrected chi connectivity index (χ4v) is 3.83. The van der Waals surface area contributed by atoms with Crippen LogP contribution in [0.5, 0.6) is 0 Å². The van der Waals surface area contributed by atoms with Crippen LogP contribution < -0.4 is 10.6 Å². The summed E-state index contributed by atoms with van der Waals surface area (Å²) >= 11 is 1.34. The van der Waals surface area contributed by atoms with Gasteiger partial charge in [-0.2, -0.15) is 0 Å². The minimum Gasteiger partial charge on any atom is -0.450 e. The number of hydrogen-bond donors (Lipinski definition) is 2. The number of rotatable bonds is 4. The first-order chi connectivity index (χ1) is 11.6. The molecular formula is C15H15N3O5S. The third-order valence-corrected chi connectivity index (χ3v) is 4.74. The summed E-state index contributed by atoms with van der Waals surface area (Å²) in [6.07, 6.45) is 3.07. The van der Waals surface area contributed by atoms with Gasteiger partial charge in [-0.25, -0.2) is 4.79 Å². The number of fused-ring (bicyclic) bond motifs is 1. The molecule has 0 fully saturated rings. The Morgan fingerprint density at radius 1 is 1.33 bits per heavy atom. The van der Waals surface area contributed by atoms with Crippen molar-refractivity contribution < 1.29 is 23.6 Å². The van der Waals surface area contributed by atoms with Crippen LogP contribution in [0.3, 0.4) is 0 Å². The fraction of sp³-hybridized carbons (Fsp3) is 0.333. The van der Waals surface area contributed by atoms with Crippen LogP contribution in [0.1, 0.15) is 44.7 Å². The number of carbonyl (C=O) groups is 3. The number of carbonyl (C=O) groups excluding carboxylic acids is 3. The SMILES string of the molecule is CCOC(=O)NC(=O)c1c(NC(=O)c2ccno2)sc2c1CCC2. The van der Waals surface area contributed by atoms with E-state index in [2.05, 4.69) is 15.8 Å². The number of anilines is 1. The smallest absolute Gasteiger partial charge is 0.414 e. The summed E-state index contributed by atoms with van der Waals surface area (Å²) in [7, 11) is 0. The average Bonchev–Trinajstić information content (AvgIpc) is 3.23. The second kappa shape index (κ2) is 6.83. The zero-order valence-corrected chi connectivity index (χ0v) is 13.7. The minimum absolute atomic E-state index is 0.0420. The molecule has 0 saturated carbocycles. The molecule has 0 radical (unpaired) electrons. The van der Waals surface area contributed by atoms with Crippen LogP contribution in [-0.2, 0) is 17.6 Å². The molecule has 3 amide bonds. The normalized spacial score (nSPS) is 12.5. The number of aryl methyl sites for hydroxylation is 1. The van der Waals surface area contributed by atoms with Gasteiger partial charge in [-0.1, -0.05) is 5.16 Å². The van der Waals surface area contributed by atoms with E-state index in [0.717, 1.165) is 29.7 Å². The second-order valence-electron chi connectivity index (χ2n) is 5.07. The Balaban J connectivity index is 1.85. The molecule has 2 aromatic heterocycles. The lowest BCUT2D eigenvalue weighted by Crippen LogP contribution is -2.32.